The molecule has 3 atom stereocenters. The van der Waals surface area contributed by atoms with Gasteiger partial charge in [0.2, 0.25) is 12.0 Å². The predicted molar refractivity (Wildman–Crippen MR) is 105 cm³/mol. The van der Waals surface area contributed by atoms with E-state index in [1.54, 1.807) is 13.8 Å². The van der Waals surface area contributed by atoms with Gasteiger partial charge in [-0.1, -0.05) is 13.0 Å². The highest BCUT2D eigenvalue weighted by atomic mass is 19.2. The quantitative estimate of drug-likeness (QED) is 0.491. The molecular formula is C21H24F2N3O5+. The Bertz CT molecular complexity index is 1040. The zero-order valence-electron chi connectivity index (χ0n) is 17.5. The minimum Gasteiger partial charge on any atom is -0.493 e. The molecule has 31 heavy (non-hydrogen) atoms. The maximum Gasteiger partial charge on any atom is 0.323 e. The van der Waals surface area contributed by atoms with E-state index in [9.17, 15) is 23.6 Å². The van der Waals surface area contributed by atoms with Gasteiger partial charge in [-0.15, -0.1) is 0 Å². The van der Waals surface area contributed by atoms with E-state index in [4.69, 9.17) is 15.2 Å². The molecule has 0 radical (unpaired) electrons. The van der Waals surface area contributed by atoms with Crippen molar-refractivity contribution in [3.8, 4) is 5.75 Å². The number of nitrogens with zero attached hydrogens (tertiary/aromatic N) is 1. The summed E-state index contributed by atoms with van der Waals surface area (Å²) in [6, 6.07) is 4.93. The third kappa shape index (κ3) is 4.02. The summed E-state index contributed by atoms with van der Waals surface area (Å²) in [4.78, 5) is 24.6. The summed E-state index contributed by atoms with van der Waals surface area (Å²) in [5, 5.41) is 12.3. The van der Waals surface area contributed by atoms with Gasteiger partial charge in [0.15, 0.2) is 11.6 Å². The first-order valence-electron chi connectivity index (χ1n) is 9.53. The van der Waals surface area contributed by atoms with Crippen molar-refractivity contribution in [2.24, 2.45) is 11.7 Å². The van der Waals surface area contributed by atoms with Crippen molar-refractivity contribution in [2.45, 2.75) is 38.4 Å². The normalized spacial score (nSPS) is 22.2. The number of halogens is 2. The number of hydrogen-bond acceptors (Lipinski definition) is 5. The number of anilines is 1. The maximum absolute atomic E-state index is 14.4. The fraction of sp³-hybridized carbons (Fsp3) is 0.381. The molecule has 166 valence electrons. The lowest BCUT2D eigenvalue weighted by Gasteiger charge is -2.25. The van der Waals surface area contributed by atoms with Gasteiger partial charge in [0, 0.05) is 28.3 Å². The summed E-state index contributed by atoms with van der Waals surface area (Å²) >= 11 is 0. The van der Waals surface area contributed by atoms with Crippen LogP contribution in [0.1, 0.15) is 42.7 Å². The van der Waals surface area contributed by atoms with Gasteiger partial charge in [-0.05, 0) is 25.8 Å². The monoisotopic (exact) mass is 436 g/mol. The molecular weight excluding hydrogens is 412 g/mol. The second-order valence-corrected chi connectivity index (χ2v) is 7.94. The van der Waals surface area contributed by atoms with Crippen molar-refractivity contribution in [2.75, 3.05) is 12.4 Å². The highest BCUT2D eigenvalue weighted by molar-refractivity contribution is 5.97. The van der Waals surface area contributed by atoms with Gasteiger partial charge >= 0.3 is 11.6 Å². The van der Waals surface area contributed by atoms with Gasteiger partial charge in [0.1, 0.15) is 6.10 Å². The zero-order chi connectivity index (χ0) is 23.1. The Morgan fingerprint density at radius 1 is 1.29 bits per heavy atom. The molecule has 1 aromatic carbocycles. The van der Waals surface area contributed by atoms with E-state index in [-0.39, 0.29) is 23.0 Å². The summed E-state index contributed by atoms with van der Waals surface area (Å²) in [6.07, 6.45) is 0.0791. The van der Waals surface area contributed by atoms with Crippen molar-refractivity contribution in [1.29, 1.82) is 0 Å². The van der Waals surface area contributed by atoms with Gasteiger partial charge in [-0.25, -0.2) is 4.39 Å². The molecule has 2 amide bonds. The van der Waals surface area contributed by atoms with Crippen LogP contribution in [0.3, 0.4) is 0 Å². The van der Waals surface area contributed by atoms with E-state index >= 15 is 0 Å². The second-order valence-electron chi connectivity index (χ2n) is 7.94. The highest BCUT2D eigenvalue weighted by Crippen LogP contribution is 2.49. The number of amides is 2. The minimum atomic E-state index is -1.14. The average Bonchev–Trinajstić information content (AvgIpc) is 2.94. The molecule has 2 heterocycles. The number of ether oxygens (including phenoxy) is 2. The van der Waals surface area contributed by atoms with Crippen LogP contribution >= 0.6 is 0 Å². The first kappa shape index (κ1) is 22.4. The Hall–Kier alpha value is -3.27. The number of aromatic nitrogens is 1. The summed E-state index contributed by atoms with van der Waals surface area (Å²) in [5.41, 5.74) is 4.71. The molecule has 2 aromatic rings. The van der Waals surface area contributed by atoms with Gasteiger partial charge in [0.25, 0.3) is 5.91 Å². The molecule has 3 rings (SSSR count). The Morgan fingerprint density at radius 2 is 1.97 bits per heavy atom. The van der Waals surface area contributed by atoms with Crippen LogP contribution in [0.25, 0.3) is 0 Å². The zero-order valence-corrected chi connectivity index (χ0v) is 17.5. The van der Waals surface area contributed by atoms with E-state index in [1.807, 2.05) is 6.92 Å². The number of pyridine rings is 1. The number of nitrogens with two attached hydrogens (primary N) is 1. The Morgan fingerprint density at radius 3 is 2.58 bits per heavy atom. The van der Waals surface area contributed by atoms with E-state index in [1.165, 1.54) is 25.3 Å². The van der Waals surface area contributed by atoms with Crippen LogP contribution in [-0.4, -0.2) is 35.8 Å². The number of rotatable bonds is 5. The van der Waals surface area contributed by atoms with Crippen molar-refractivity contribution < 1.29 is 37.8 Å². The van der Waals surface area contributed by atoms with Crippen LogP contribution in [-0.2, 0) is 9.53 Å². The number of carbonyl (C=O) groups excluding carboxylic acids is 2. The summed E-state index contributed by atoms with van der Waals surface area (Å²) in [6.45, 7) is 5.44. The van der Waals surface area contributed by atoms with Gasteiger partial charge in [-0.2, -0.15) is 4.39 Å². The standard InChI is InChI=1S/C21H23F2N3O5/c1-10-15(12-5-6-13(22)16(23)17(12)30-4)18(31-21(10,2)3)20(28)25-11-7-8-26(29)14(9-11)19(24)27/h5-10,15,18,29H,1-4H3,(H2,24,27)/p+1/t10-,15+,18+/m0/s1. The molecule has 1 aromatic heterocycles. The first-order chi connectivity index (χ1) is 14.5. The lowest BCUT2D eigenvalue weighted by molar-refractivity contribution is -0.905. The number of carbonyl (C=O) groups is 2. The van der Waals surface area contributed by atoms with E-state index < -0.39 is 41.1 Å². The van der Waals surface area contributed by atoms with Crippen LogP contribution < -0.4 is 20.5 Å². The molecule has 1 saturated heterocycles. The highest BCUT2D eigenvalue weighted by Gasteiger charge is 2.51. The molecule has 1 fully saturated rings. The number of primary amides is 1. The van der Waals surface area contributed by atoms with Crippen molar-refractivity contribution in [3.05, 3.63) is 53.4 Å². The number of methoxy groups -OCH3 is 1. The number of nitrogens with one attached hydrogen (secondary N) is 1. The molecule has 0 saturated carbocycles. The van der Waals surface area contributed by atoms with Crippen molar-refractivity contribution >= 4 is 17.5 Å². The van der Waals surface area contributed by atoms with Gasteiger partial charge in [-0.3, -0.25) is 14.8 Å². The lowest BCUT2D eigenvalue weighted by atomic mass is 9.78. The Balaban J connectivity index is 1.99. The molecule has 4 N–H and O–H groups in total. The molecule has 1 aliphatic heterocycles. The van der Waals surface area contributed by atoms with Crippen molar-refractivity contribution in [1.82, 2.24) is 0 Å². The molecule has 1 aliphatic rings. The van der Waals surface area contributed by atoms with E-state index in [2.05, 4.69) is 5.32 Å². The molecule has 0 aliphatic carbocycles. The molecule has 10 heteroatoms. The number of benzene rings is 1. The third-order valence-electron chi connectivity index (χ3n) is 5.75. The van der Waals surface area contributed by atoms with Gasteiger partial charge < -0.3 is 20.5 Å². The van der Waals surface area contributed by atoms with Crippen LogP contribution in [0, 0.1) is 17.6 Å². The number of hydrogen-bond donors (Lipinski definition) is 3. The van der Waals surface area contributed by atoms with Crippen LogP contribution in [0.4, 0.5) is 14.5 Å². The second kappa shape index (κ2) is 8.10. The predicted octanol–water partition coefficient (Wildman–Crippen LogP) is 2.13. The SMILES string of the molecule is COc1c([C@@H]2[C@H](C(=O)Nc3cc[n+](O)c(C(N)=O)c3)OC(C)(C)[C@H]2C)ccc(F)c1F. The van der Waals surface area contributed by atoms with Crippen LogP contribution in [0.5, 0.6) is 5.75 Å². The first-order valence-corrected chi connectivity index (χ1v) is 9.53. The van der Waals surface area contributed by atoms with E-state index in [0.29, 0.717) is 10.3 Å². The lowest BCUT2D eigenvalue weighted by Crippen LogP contribution is -2.40. The Kier molecular flexibility index (Phi) is 5.86. The molecule has 0 unspecified atom stereocenters. The van der Waals surface area contributed by atoms with Crippen LogP contribution in [0.2, 0.25) is 0 Å². The van der Waals surface area contributed by atoms with Gasteiger partial charge in [0.05, 0.1) is 18.4 Å². The molecule has 0 bridgehead atoms. The fourth-order valence-electron chi connectivity index (χ4n) is 3.84. The minimum absolute atomic E-state index is 0.195. The average molecular weight is 436 g/mol. The summed E-state index contributed by atoms with van der Waals surface area (Å²) in [5.74, 6) is -4.87. The largest absolute Gasteiger partial charge is 0.493 e. The third-order valence-corrected chi connectivity index (χ3v) is 5.75. The topological polar surface area (TPSA) is 115 Å². The molecule has 0 spiro atoms. The Labute approximate surface area is 177 Å². The summed E-state index contributed by atoms with van der Waals surface area (Å²) in [7, 11) is 1.22. The van der Waals surface area contributed by atoms with Crippen LogP contribution in [0.15, 0.2) is 30.5 Å². The molecule has 8 nitrogen and oxygen atoms in total. The maximum atomic E-state index is 14.4. The summed E-state index contributed by atoms with van der Waals surface area (Å²) < 4.78 is 39.7. The van der Waals surface area contributed by atoms with Crippen molar-refractivity contribution in [3.63, 3.8) is 0 Å². The smallest absolute Gasteiger partial charge is 0.323 e. The fourth-order valence-corrected chi connectivity index (χ4v) is 3.84. The van der Waals surface area contributed by atoms with E-state index in [0.717, 1.165) is 12.3 Å².